The molecule has 7 nitrogen and oxygen atoms in total. The molecule has 0 amide bonds. The van der Waals surface area contributed by atoms with E-state index in [2.05, 4.69) is 40.1 Å². The second kappa shape index (κ2) is 18.8. The third-order valence-corrected chi connectivity index (χ3v) is 11.7. The summed E-state index contributed by atoms with van der Waals surface area (Å²) in [6, 6.07) is 24.8. The highest BCUT2D eigenvalue weighted by Gasteiger charge is 2.37. The van der Waals surface area contributed by atoms with E-state index in [0.29, 0.717) is 73.9 Å². The lowest BCUT2D eigenvalue weighted by Gasteiger charge is -2.38. The van der Waals surface area contributed by atoms with Gasteiger partial charge in [0.05, 0.1) is 25.4 Å². The number of aliphatic hydroxyl groups is 1. The number of alkyl halides is 3. The first-order valence-corrected chi connectivity index (χ1v) is 19.8. The minimum Gasteiger partial charge on any atom is -0.493 e. The van der Waals surface area contributed by atoms with Gasteiger partial charge in [-0.15, -0.1) is 0 Å². The molecule has 1 aliphatic carbocycles. The number of piperidine rings is 2. The molecule has 3 aliphatic rings. The van der Waals surface area contributed by atoms with Crippen LogP contribution in [0.4, 0.5) is 17.6 Å². The van der Waals surface area contributed by atoms with E-state index in [0.717, 1.165) is 55.7 Å². The Bertz CT molecular complexity index is 1950. The van der Waals surface area contributed by atoms with Crippen LogP contribution in [0.3, 0.4) is 0 Å². The van der Waals surface area contributed by atoms with Crippen LogP contribution in [0.25, 0.3) is 0 Å². The van der Waals surface area contributed by atoms with Crippen molar-refractivity contribution in [3.8, 4) is 11.5 Å². The Morgan fingerprint density at radius 3 is 2.16 bits per heavy atom. The van der Waals surface area contributed by atoms with Crippen LogP contribution in [-0.2, 0) is 24.7 Å². The van der Waals surface area contributed by atoms with Gasteiger partial charge >= 0.3 is 6.18 Å². The van der Waals surface area contributed by atoms with Crippen molar-refractivity contribution in [3.05, 3.63) is 130 Å². The summed E-state index contributed by atoms with van der Waals surface area (Å²) in [6.45, 7) is 5.01. The van der Waals surface area contributed by atoms with Gasteiger partial charge in [0.15, 0.2) is 23.1 Å². The Balaban J connectivity index is 0.000000193. The number of ether oxygens (including phenoxy) is 2. The lowest BCUT2D eigenvalue weighted by Crippen LogP contribution is -2.43. The van der Waals surface area contributed by atoms with Gasteiger partial charge in [-0.3, -0.25) is 14.5 Å². The number of Topliss-reactive ketones (excluding diaryl/α,β-unsaturated/α-hetero) is 2. The molecule has 7 rings (SSSR count). The molecule has 0 spiro atoms. The maximum atomic E-state index is 12.9. The predicted octanol–water partition coefficient (Wildman–Crippen LogP) is 9.15. The van der Waals surface area contributed by atoms with Crippen molar-refractivity contribution in [1.29, 1.82) is 0 Å². The summed E-state index contributed by atoms with van der Waals surface area (Å²) < 4.78 is 62.5. The summed E-state index contributed by atoms with van der Waals surface area (Å²) in [5.74, 6) is 1.94. The molecule has 0 radical (unpaired) electrons. The minimum absolute atomic E-state index is 0.0533. The number of nitrogens with zero attached hydrogens (tertiary/aromatic N) is 2. The quantitative estimate of drug-likeness (QED) is 0.113. The van der Waals surface area contributed by atoms with Crippen molar-refractivity contribution in [2.24, 2.45) is 11.8 Å². The largest absolute Gasteiger partial charge is 0.493 e. The van der Waals surface area contributed by atoms with Crippen LogP contribution >= 0.6 is 0 Å². The van der Waals surface area contributed by atoms with Crippen molar-refractivity contribution < 1.29 is 41.7 Å². The number of ketones is 2. The molecule has 0 saturated carbocycles. The first-order valence-electron chi connectivity index (χ1n) is 19.8. The van der Waals surface area contributed by atoms with Gasteiger partial charge in [0.1, 0.15) is 5.82 Å². The normalized spacial score (nSPS) is 18.7. The molecule has 2 aliphatic heterocycles. The maximum Gasteiger partial charge on any atom is 0.416 e. The fourth-order valence-electron chi connectivity index (χ4n) is 8.38. The number of carbonyl (C=O) groups is 2. The number of hydrogen-bond donors (Lipinski definition) is 1. The number of rotatable bonds is 12. The van der Waals surface area contributed by atoms with Crippen LogP contribution in [0.2, 0.25) is 0 Å². The van der Waals surface area contributed by atoms with Gasteiger partial charge in [0.2, 0.25) is 0 Å². The van der Waals surface area contributed by atoms with Crippen LogP contribution < -0.4 is 9.47 Å². The lowest BCUT2D eigenvalue weighted by molar-refractivity contribution is -0.137. The summed E-state index contributed by atoms with van der Waals surface area (Å²) in [7, 11) is 3.26. The van der Waals surface area contributed by atoms with E-state index in [9.17, 15) is 32.3 Å². The summed E-state index contributed by atoms with van der Waals surface area (Å²) in [4.78, 5) is 29.7. The summed E-state index contributed by atoms with van der Waals surface area (Å²) in [5.41, 5.74) is 2.04. The van der Waals surface area contributed by atoms with Crippen LogP contribution in [-0.4, -0.2) is 73.4 Å². The number of hydrogen-bond acceptors (Lipinski definition) is 7. The standard InChI is InChI=1S/C24H29NO3.C22H23F4NO2/c1-27-22-14-19-13-20(24(26)21(19)15-23(22)28-2)12-17-8-10-25(11-9-17)16-18-6-4-3-5-7-18;23-19-8-6-16(7-9-19)20(28)5-2-12-27-13-10-21(29,11-14-27)17-3-1-4-18(15-17)22(24,25)26/h3-7,14-15,17,20H,8-13,16H2,1-2H3;1,3-4,6-9,15,29H,2,5,10-14H2. The van der Waals surface area contributed by atoms with E-state index in [1.807, 2.05) is 12.1 Å². The van der Waals surface area contributed by atoms with Crippen molar-refractivity contribution in [1.82, 2.24) is 9.80 Å². The minimum atomic E-state index is -4.44. The first-order chi connectivity index (χ1) is 27.3. The van der Waals surface area contributed by atoms with E-state index in [4.69, 9.17) is 9.47 Å². The van der Waals surface area contributed by atoms with Gasteiger partial charge in [-0.05, 0) is 136 Å². The molecule has 4 aromatic rings. The van der Waals surface area contributed by atoms with Gasteiger partial charge in [0, 0.05) is 43.1 Å². The van der Waals surface area contributed by atoms with Crippen LogP contribution in [0.15, 0.2) is 91.0 Å². The molecule has 57 heavy (non-hydrogen) atoms. The zero-order valence-corrected chi connectivity index (χ0v) is 32.7. The smallest absolute Gasteiger partial charge is 0.416 e. The van der Waals surface area contributed by atoms with Gasteiger partial charge in [0.25, 0.3) is 0 Å². The first kappa shape index (κ1) is 42.0. The molecular formula is C46H52F4N2O5. The van der Waals surface area contributed by atoms with E-state index >= 15 is 0 Å². The van der Waals surface area contributed by atoms with Gasteiger partial charge in [-0.25, -0.2) is 4.39 Å². The third kappa shape index (κ3) is 10.9. The van der Waals surface area contributed by atoms with Gasteiger partial charge in [-0.2, -0.15) is 13.2 Å². The molecule has 0 aromatic heterocycles. The molecule has 2 fully saturated rings. The Labute approximate surface area is 332 Å². The molecular weight excluding hydrogens is 737 g/mol. The Morgan fingerprint density at radius 1 is 0.842 bits per heavy atom. The monoisotopic (exact) mass is 788 g/mol. The predicted molar refractivity (Wildman–Crippen MR) is 211 cm³/mol. The average Bonchev–Trinajstić information content (AvgIpc) is 3.52. The molecule has 1 N–H and O–H groups in total. The zero-order chi connectivity index (χ0) is 40.6. The highest BCUT2D eigenvalue weighted by molar-refractivity contribution is 6.03. The summed E-state index contributed by atoms with van der Waals surface area (Å²) in [5, 5.41) is 10.9. The SMILES string of the molecule is COc1cc2c(cc1OC)C(=O)C(CC1CCN(Cc3ccccc3)CC1)C2.O=C(CCCN1CCC(O)(c2cccc(C(F)(F)F)c2)CC1)c1ccc(F)cc1. The Kier molecular flexibility index (Phi) is 13.9. The zero-order valence-electron chi connectivity index (χ0n) is 32.7. The molecule has 0 bridgehead atoms. The molecule has 4 aromatic carbocycles. The lowest BCUT2D eigenvalue weighted by atomic mass is 9.83. The van der Waals surface area contributed by atoms with Crippen LogP contribution in [0, 0.1) is 17.7 Å². The van der Waals surface area contributed by atoms with Crippen LogP contribution in [0.5, 0.6) is 11.5 Å². The van der Waals surface area contributed by atoms with E-state index < -0.39 is 17.3 Å². The van der Waals surface area contributed by atoms with Crippen molar-refractivity contribution in [2.75, 3.05) is 46.9 Å². The van der Waals surface area contributed by atoms with Gasteiger partial charge in [-0.1, -0.05) is 42.5 Å². The van der Waals surface area contributed by atoms with Gasteiger partial charge < -0.3 is 19.5 Å². The highest BCUT2D eigenvalue weighted by atomic mass is 19.4. The average molecular weight is 789 g/mol. The molecule has 1 atom stereocenters. The highest BCUT2D eigenvalue weighted by Crippen LogP contribution is 2.40. The second-order valence-corrected chi connectivity index (χ2v) is 15.6. The number of likely N-dealkylation sites (tertiary alicyclic amines) is 2. The second-order valence-electron chi connectivity index (χ2n) is 15.6. The fraction of sp³-hybridized carbons (Fsp3) is 0.435. The molecule has 2 saturated heterocycles. The molecule has 304 valence electrons. The maximum absolute atomic E-state index is 12.9. The number of fused-ring (bicyclic) bond motifs is 1. The van der Waals surface area contributed by atoms with E-state index in [-0.39, 0.29) is 23.3 Å². The molecule has 11 heteroatoms. The van der Waals surface area contributed by atoms with E-state index in [1.54, 1.807) is 14.2 Å². The number of carbonyl (C=O) groups excluding carboxylic acids is 2. The summed E-state index contributed by atoms with van der Waals surface area (Å²) >= 11 is 0. The topological polar surface area (TPSA) is 79.3 Å². The molecule has 2 heterocycles. The van der Waals surface area contributed by atoms with Crippen molar-refractivity contribution >= 4 is 11.6 Å². The number of methoxy groups -OCH3 is 2. The third-order valence-electron chi connectivity index (χ3n) is 11.7. The Morgan fingerprint density at radius 2 is 1.51 bits per heavy atom. The Hall–Kier alpha value is -4.58. The number of halogens is 4. The van der Waals surface area contributed by atoms with Crippen molar-refractivity contribution in [2.45, 2.75) is 69.7 Å². The fourth-order valence-corrected chi connectivity index (χ4v) is 8.38. The molecule has 1 unspecified atom stereocenters. The number of benzene rings is 4. The van der Waals surface area contributed by atoms with Crippen molar-refractivity contribution in [3.63, 3.8) is 0 Å². The van der Waals surface area contributed by atoms with Crippen LogP contribution in [0.1, 0.15) is 87.9 Å². The van der Waals surface area contributed by atoms with E-state index in [1.165, 1.54) is 54.8 Å². The summed E-state index contributed by atoms with van der Waals surface area (Å²) in [6.07, 6.45) is 1.37.